The standard InChI is InChI=1S/C19H38O4/c1-23-19(22)16-14-12-10-8-6-4-2-3-5-7-9-11-13-15-18(21)17-20/h18,20-21H,2-17H2,1H3. The van der Waals surface area contributed by atoms with E-state index < -0.39 is 6.10 Å². The van der Waals surface area contributed by atoms with Gasteiger partial charge in [0.15, 0.2) is 0 Å². The number of carbonyl (C=O) groups is 1. The van der Waals surface area contributed by atoms with Crippen molar-refractivity contribution in [1.29, 1.82) is 0 Å². The van der Waals surface area contributed by atoms with Crippen molar-refractivity contribution in [2.24, 2.45) is 0 Å². The van der Waals surface area contributed by atoms with Crippen molar-refractivity contribution < 1.29 is 19.7 Å². The quantitative estimate of drug-likeness (QED) is 0.307. The van der Waals surface area contributed by atoms with Gasteiger partial charge in [-0.25, -0.2) is 0 Å². The topological polar surface area (TPSA) is 66.8 Å². The fourth-order valence-corrected chi connectivity index (χ4v) is 2.79. The van der Waals surface area contributed by atoms with Crippen molar-refractivity contribution in [1.82, 2.24) is 0 Å². The highest BCUT2D eigenvalue weighted by atomic mass is 16.5. The minimum Gasteiger partial charge on any atom is -0.469 e. The van der Waals surface area contributed by atoms with E-state index in [1.54, 1.807) is 0 Å². The Labute approximate surface area is 142 Å². The van der Waals surface area contributed by atoms with Gasteiger partial charge >= 0.3 is 5.97 Å². The van der Waals surface area contributed by atoms with Crippen LogP contribution < -0.4 is 0 Å². The molecule has 0 rings (SSSR count). The average Bonchev–Trinajstić information content (AvgIpc) is 2.57. The molecular weight excluding hydrogens is 292 g/mol. The monoisotopic (exact) mass is 330 g/mol. The Hall–Kier alpha value is -0.610. The van der Waals surface area contributed by atoms with E-state index in [0.717, 1.165) is 25.7 Å². The van der Waals surface area contributed by atoms with Crippen LogP contribution in [0, 0.1) is 0 Å². The first-order valence-electron chi connectivity index (χ1n) is 9.56. The molecule has 0 saturated carbocycles. The highest BCUT2D eigenvalue weighted by molar-refractivity contribution is 5.68. The summed E-state index contributed by atoms with van der Waals surface area (Å²) in [7, 11) is 1.45. The second kappa shape index (κ2) is 17.7. The maximum absolute atomic E-state index is 10.9. The summed E-state index contributed by atoms with van der Waals surface area (Å²) in [6, 6.07) is 0. The highest BCUT2D eigenvalue weighted by Crippen LogP contribution is 2.13. The number of hydrogen-bond donors (Lipinski definition) is 2. The van der Waals surface area contributed by atoms with E-state index in [4.69, 9.17) is 5.11 Å². The van der Waals surface area contributed by atoms with Crippen molar-refractivity contribution in [3.63, 3.8) is 0 Å². The van der Waals surface area contributed by atoms with Crippen molar-refractivity contribution >= 4 is 5.97 Å². The number of aliphatic hydroxyl groups excluding tert-OH is 2. The minimum absolute atomic E-state index is 0.0884. The van der Waals surface area contributed by atoms with Crippen molar-refractivity contribution in [2.75, 3.05) is 13.7 Å². The zero-order valence-electron chi connectivity index (χ0n) is 15.1. The van der Waals surface area contributed by atoms with Crippen LogP contribution in [0.15, 0.2) is 0 Å². The van der Waals surface area contributed by atoms with E-state index in [1.165, 1.54) is 71.3 Å². The largest absolute Gasteiger partial charge is 0.469 e. The molecule has 1 atom stereocenters. The predicted molar refractivity (Wildman–Crippen MR) is 94.4 cm³/mol. The van der Waals surface area contributed by atoms with Crippen LogP contribution >= 0.6 is 0 Å². The lowest BCUT2D eigenvalue weighted by atomic mass is 10.0. The number of rotatable bonds is 17. The Balaban J connectivity index is 3.04. The van der Waals surface area contributed by atoms with Crippen LogP contribution in [0.25, 0.3) is 0 Å². The molecule has 4 nitrogen and oxygen atoms in total. The molecule has 4 heteroatoms. The molecule has 0 aromatic heterocycles. The van der Waals surface area contributed by atoms with Crippen molar-refractivity contribution in [2.45, 2.75) is 102 Å². The summed E-state index contributed by atoms with van der Waals surface area (Å²) in [4.78, 5) is 10.9. The van der Waals surface area contributed by atoms with Crippen LogP contribution in [-0.4, -0.2) is 36.0 Å². The number of unbranched alkanes of at least 4 members (excludes halogenated alkanes) is 12. The molecule has 0 bridgehead atoms. The lowest BCUT2D eigenvalue weighted by Gasteiger charge is -2.06. The van der Waals surface area contributed by atoms with Crippen LogP contribution in [0.4, 0.5) is 0 Å². The van der Waals surface area contributed by atoms with Gasteiger partial charge in [-0.05, 0) is 12.8 Å². The summed E-state index contributed by atoms with van der Waals surface area (Å²) in [5, 5.41) is 17.9. The number of ether oxygens (including phenoxy) is 1. The molecule has 0 aromatic carbocycles. The van der Waals surface area contributed by atoms with Gasteiger partial charge in [0.2, 0.25) is 0 Å². The third-order valence-corrected chi connectivity index (χ3v) is 4.36. The molecule has 0 spiro atoms. The Bertz CT molecular complexity index is 256. The van der Waals surface area contributed by atoms with Gasteiger partial charge in [0.05, 0.1) is 19.8 Å². The van der Waals surface area contributed by atoms with Gasteiger partial charge in [0.1, 0.15) is 0 Å². The second-order valence-corrected chi connectivity index (χ2v) is 6.55. The van der Waals surface area contributed by atoms with Crippen molar-refractivity contribution in [3.05, 3.63) is 0 Å². The number of carbonyl (C=O) groups excluding carboxylic acids is 1. The molecule has 0 fully saturated rings. The summed E-state index contributed by atoms with van der Waals surface area (Å²) in [5.41, 5.74) is 0. The van der Waals surface area contributed by atoms with Gasteiger partial charge < -0.3 is 14.9 Å². The number of hydrogen-bond acceptors (Lipinski definition) is 4. The minimum atomic E-state index is -0.518. The van der Waals surface area contributed by atoms with Gasteiger partial charge in [-0.15, -0.1) is 0 Å². The fraction of sp³-hybridized carbons (Fsp3) is 0.947. The summed E-state index contributed by atoms with van der Waals surface area (Å²) >= 11 is 0. The number of esters is 1. The first-order valence-corrected chi connectivity index (χ1v) is 9.56. The third-order valence-electron chi connectivity index (χ3n) is 4.36. The molecule has 0 aliphatic heterocycles. The van der Waals surface area contributed by atoms with E-state index in [-0.39, 0.29) is 12.6 Å². The molecule has 23 heavy (non-hydrogen) atoms. The van der Waals surface area contributed by atoms with Crippen molar-refractivity contribution in [3.8, 4) is 0 Å². The first-order chi connectivity index (χ1) is 11.2. The maximum Gasteiger partial charge on any atom is 0.305 e. The molecule has 0 amide bonds. The molecule has 0 aromatic rings. The van der Waals surface area contributed by atoms with Crippen LogP contribution in [0.2, 0.25) is 0 Å². The average molecular weight is 331 g/mol. The Kier molecular flexibility index (Phi) is 17.3. The molecule has 0 radical (unpaired) electrons. The molecule has 0 aliphatic rings. The van der Waals surface area contributed by atoms with Crippen LogP contribution in [0.5, 0.6) is 0 Å². The summed E-state index contributed by atoms with van der Waals surface area (Å²) in [6.07, 6.45) is 16.8. The van der Waals surface area contributed by atoms with E-state index in [1.807, 2.05) is 0 Å². The third kappa shape index (κ3) is 17.6. The predicted octanol–water partition coefficient (Wildman–Crippen LogP) is 4.36. The van der Waals surface area contributed by atoms with E-state index in [0.29, 0.717) is 6.42 Å². The lowest BCUT2D eigenvalue weighted by Crippen LogP contribution is -2.10. The molecule has 2 N–H and O–H groups in total. The van der Waals surface area contributed by atoms with Gasteiger partial charge in [-0.1, -0.05) is 77.0 Å². The number of aliphatic hydroxyl groups is 2. The summed E-state index contributed by atoms with van der Waals surface area (Å²) in [6.45, 7) is -0.106. The summed E-state index contributed by atoms with van der Waals surface area (Å²) < 4.78 is 4.62. The van der Waals surface area contributed by atoms with E-state index in [2.05, 4.69) is 4.74 Å². The lowest BCUT2D eigenvalue weighted by molar-refractivity contribution is -0.140. The van der Waals surface area contributed by atoms with E-state index >= 15 is 0 Å². The van der Waals surface area contributed by atoms with Crippen LogP contribution in [-0.2, 0) is 9.53 Å². The SMILES string of the molecule is COC(=O)CCCCCCCCCCCCCCCC(O)CO. The molecule has 1 unspecified atom stereocenters. The van der Waals surface area contributed by atoms with Gasteiger partial charge in [0.25, 0.3) is 0 Å². The van der Waals surface area contributed by atoms with E-state index in [9.17, 15) is 9.90 Å². The fourth-order valence-electron chi connectivity index (χ4n) is 2.79. The van der Waals surface area contributed by atoms with Gasteiger partial charge in [-0.2, -0.15) is 0 Å². The Morgan fingerprint density at radius 2 is 1.17 bits per heavy atom. The normalized spacial score (nSPS) is 12.3. The Morgan fingerprint density at radius 1 is 0.783 bits per heavy atom. The molecule has 0 aliphatic carbocycles. The highest BCUT2D eigenvalue weighted by Gasteiger charge is 2.01. The molecule has 0 saturated heterocycles. The van der Waals surface area contributed by atoms with Gasteiger partial charge in [0, 0.05) is 6.42 Å². The smallest absolute Gasteiger partial charge is 0.305 e. The first kappa shape index (κ1) is 22.4. The molecular formula is C19H38O4. The number of methoxy groups -OCH3 is 1. The second-order valence-electron chi connectivity index (χ2n) is 6.55. The molecule has 138 valence electrons. The molecule has 0 heterocycles. The zero-order chi connectivity index (χ0) is 17.2. The van der Waals surface area contributed by atoms with Crippen LogP contribution in [0.3, 0.4) is 0 Å². The maximum atomic E-state index is 10.9. The summed E-state index contributed by atoms with van der Waals surface area (Å²) in [5.74, 6) is -0.0884. The van der Waals surface area contributed by atoms with Gasteiger partial charge in [-0.3, -0.25) is 4.79 Å². The van der Waals surface area contributed by atoms with Crippen LogP contribution in [0.1, 0.15) is 96.3 Å². The Morgan fingerprint density at radius 3 is 1.57 bits per heavy atom. The zero-order valence-corrected chi connectivity index (χ0v) is 15.1.